The van der Waals surface area contributed by atoms with Gasteiger partial charge in [-0.1, -0.05) is 11.3 Å². The van der Waals surface area contributed by atoms with Crippen molar-refractivity contribution < 1.29 is 23.8 Å². The molecule has 1 saturated heterocycles. The highest BCUT2D eigenvalue weighted by atomic mass is 32.1. The van der Waals surface area contributed by atoms with Gasteiger partial charge in [-0.25, -0.2) is 0 Å². The van der Waals surface area contributed by atoms with Crippen molar-refractivity contribution in [2.24, 2.45) is 0 Å². The summed E-state index contributed by atoms with van der Waals surface area (Å²) < 4.78 is 17.1. The van der Waals surface area contributed by atoms with E-state index in [1.807, 2.05) is 0 Å². The van der Waals surface area contributed by atoms with Gasteiger partial charge in [-0.2, -0.15) is 4.98 Å². The Kier molecular flexibility index (Phi) is 4.78. The number of carbonyl (C=O) groups excluding carboxylic acids is 2. The van der Waals surface area contributed by atoms with Gasteiger partial charge in [0.05, 0.1) is 6.10 Å². The van der Waals surface area contributed by atoms with E-state index in [1.165, 1.54) is 13.8 Å². The highest BCUT2D eigenvalue weighted by Crippen LogP contribution is 2.33. The first-order valence-corrected chi connectivity index (χ1v) is 8.44. The van der Waals surface area contributed by atoms with Crippen LogP contribution >= 0.6 is 11.3 Å². The first kappa shape index (κ1) is 18.1. The normalized spacial score (nSPS) is 22.5. The Bertz CT molecular complexity index is 978. The van der Waals surface area contributed by atoms with Crippen molar-refractivity contribution in [3.05, 3.63) is 20.0 Å². The molecule has 0 saturated carbocycles. The van der Waals surface area contributed by atoms with Crippen molar-refractivity contribution in [3.63, 3.8) is 0 Å². The molecule has 12 heteroatoms. The zero-order valence-corrected chi connectivity index (χ0v) is 14.7. The zero-order valence-electron chi connectivity index (χ0n) is 13.9. The molecule has 0 aromatic carbocycles. The molecule has 2 aromatic heterocycles. The van der Waals surface area contributed by atoms with Gasteiger partial charge in [0, 0.05) is 20.3 Å². The van der Waals surface area contributed by atoms with Gasteiger partial charge in [0.2, 0.25) is 5.95 Å². The standard InChI is InChI=1S/C14H16N4O7S/c1-5(19)23-4-7-3-8(24-6(2)20)12(25-7)18-10-9(26-14(18)22)11(21)17-13(15)16-10/h7-8,12H,3-4H2,1-2H3,(H3,15,16,17,21)/t7?,8-,12?/m1/s1. The lowest BCUT2D eigenvalue weighted by atomic mass is 10.2. The predicted molar refractivity (Wildman–Crippen MR) is 89.6 cm³/mol. The number of nitrogens with two attached hydrogens (primary N) is 1. The van der Waals surface area contributed by atoms with Gasteiger partial charge in [-0.3, -0.25) is 28.7 Å². The molecule has 0 aliphatic carbocycles. The molecule has 1 aliphatic rings. The van der Waals surface area contributed by atoms with Gasteiger partial charge in [0.15, 0.2) is 11.9 Å². The quantitative estimate of drug-likeness (QED) is 0.664. The first-order chi connectivity index (χ1) is 12.3. The Balaban J connectivity index is 2.02. The molecule has 3 atom stereocenters. The van der Waals surface area contributed by atoms with Crippen LogP contribution in [0.25, 0.3) is 10.3 Å². The Morgan fingerprint density at radius 2 is 2.12 bits per heavy atom. The van der Waals surface area contributed by atoms with Crippen molar-refractivity contribution in [1.29, 1.82) is 0 Å². The van der Waals surface area contributed by atoms with Crippen molar-refractivity contribution in [1.82, 2.24) is 14.5 Å². The summed E-state index contributed by atoms with van der Waals surface area (Å²) in [5.74, 6) is -1.21. The number of aromatic nitrogens is 3. The number of hydrogen-bond acceptors (Lipinski definition) is 10. The van der Waals surface area contributed by atoms with E-state index in [0.29, 0.717) is 11.3 Å². The Labute approximate surface area is 149 Å². The van der Waals surface area contributed by atoms with Crippen LogP contribution in [-0.4, -0.2) is 45.3 Å². The second-order valence-electron chi connectivity index (χ2n) is 5.68. The lowest BCUT2D eigenvalue weighted by Gasteiger charge is -2.19. The number of hydrogen-bond donors (Lipinski definition) is 2. The summed E-state index contributed by atoms with van der Waals surface area (Å²) in [5.41, 5.74) is 5.05. The maximum absolute atomic E-state index is 12.4. The van der Waals surface area contributed by atoms with Crippen LogP contribution in [0, 0.1) is 0 Å². The maximum atomic E-state index is 12.4. The van der Waals surface area contributed by atoms with Gasteiger partial charge in [-0.15, -0.1) is 0 Å². The number of ether oxygens (including phenoxy) is 3. The van der Waals surface area contributed by atoms with Crippen molar-refractivity contribution >= 4 is 39.6 Å². The highest BCUT2D eigenvalue weighted by molar-refractivity contribution is 7.16. The Morgan fingerprint density at radius 1 is 1.38 bits per heavy atom. The number of thiazole rings is 1. The monoisotopic (exact) mass is 384 g/mol. The van der Waals surface area contributed by atoms with Crippen molar-refractivity contribution in [3.8, 4) is 0 Å². The third-order valence-corrected chi connectivity index (χ3v) is 4.62. The Morgan fingerprint density at radius 3 is 2.77 bits per heavy atom. The number of anilines is 1. The summed E-state index contributed by atoms with van der Waals surface area (Å²) in [4.78, 5) is 52.6. The third-order valence-electron chi connectivity index (χ3n) is 3.68. The summed E-state index contributed by atoms with van der Waals surface area (Å²) in [6.07, 6.45) is -2.21. The highest BCUT2D eigenvalue weighted by Gasteiger charge is 2.41. The third kappa shape index (κ3) is 3.46. The minimum atomic E-state index is -1.02. The first-order valence-electron chi connectivity index (χ1n) is 7.63. The molecular formula is C14H16N4O7S. The number of fused-ring (bicyclic) bond motifs is 1. The molecule has 140 valence electrons. The molecule has 1 fully saturated rings. The fourth-order valence-corrected chi connectivity index (χ4v) is 3.59. The molecule has 2 unspecified atom stereocenters. The van der Waals surface area contributed by atoms with Crippen LogP contribution < -0.4 is 16.2 Å². The molecule has 0 radical (unpaired) electrons. The van der Waals surface area contributed by atoms with E-state index < -0.39 is 40.8 Å². The molecule has 26 heavy (non-hydrogen) atoms. The zero-order chi connectivity index (χ0) is 19.0. The van der Waals surface area contributed by atoms with E-state index >= 15 is 0 Å². The fourth-order valence-electron chi connectivity index (χ4n) is 2.75. The number of nitrogens with zero attached hydrogens (tertiary/aromatic N) is 2. The topological polar surface area (TPSA) is 156 Å². The number of nitrogens with one attached hydrogen (secondary N) is 1. The van der Waals surface area contributed by atoms with Crippen LogP contribution in [-0.2, 0) is 23.8 Å². The van der Waals surface area contributed by atoms with E-state index in [2.05, 4.69) is 9.97 Å². The van der Waals surface area contributed by atoms with Gasteiger partial charge < -0.3 is 19.9 Å². The summed E-state index contributed by atoms with van der Waals surface area (Å²) >= 11 is 0.681. The van der Waals surface area contributed by atoms with E-state index in [1.54, 1.807) is 0 Å². The van der Waals surface area contributed by atoms with Gasteiger partial charge >= 0.3 is 16.8 Å². The average Bonchev–Trinajstić information content (AvgIpc) is 3.05. The summed E-state index contributed by atoms with van der Waals surface area (Å²) in [6.45, 7) is 2.42. The predicted octanol–water partition coefficient (Wildman–Crippen LogP) is -0.489. The Hall–Kier alpha value is -2.73. The molecule has 3 N–H and O–H groups in total. The number of rotatable bonds is 4. The number of nitrogen functional groups attached to an aromatic ring is 1. The number of carbonyl (C=O) groups is 2. The van der Waals surface area contributed by atoms with Crippen LogP contribution in [0.4, 0.5) is 5.95 Å². The molecule has 0 spiro atoms. The van der Waals surface area contributed by atoms with Gasteiger partial charge in [-0.05, 0) is 0 Å². The SMILES string of the molecule is CC(=O)OCC1C[C@@H](OC(C)=O)C(n2c(=O)sc3c(=O)[nH]c(N)nc32)O1. The summed E-state index contributed by atoms with van der Waals surface area (Å²) in [5, 5.41) is 0. The van der Waals surface area contributed by atoms with E-state index in [4.69, 9.17) is 19.9 Å². The number of aromatic amines is 1. The molecule has 1 aliphatic heterocycles. The molecule has 3 rings (SSSR count). The lowest BCUT2D eigenvalue weighted by Crippen LogP contribution is -2.30. The second kappa shape index (κ2) is 6.88. The van der Waals surface area contributed by atoms with Crippen molar-refractivity contribution in [2.75, 3.05) is 12.3 Å². The molecule has 0 bridgehead atoms. The van der Waals surface area contributed by atoms with Crippen LogP contribution in [0.2, 0.25) is 0 Å². The molecule has 3 heterocycles. The summed E-state index contributed by atoms with van der Waals surface area (Å²) in [7, 11) is 0. The van der Waals surface area contributed by atoms with E-state index in [9.17, 15) is 19.2 Å². The summed E-state index contributed by atoms with van der Waals surface area (Å²) in [6, 6.07) is 0. The number of esters is 2. The van der Waals surface area contributed by atoms with Crippen LogP contribution in [0.3, 0.4) is 0 Å². The number of H-pyrrole nitrogens is 1. The smallest absolute Gasteiger partial charge is 0.311 e. The second-order valence-corrected chi connectivity index (χ2v) is 6.64. The van der Waals surface area contributed by atoms with Crippen LogP contribution in [0.1, 0.15) is 26.5 Å². The molecule has 0 amide bonds. The minimum absolute atomic E-state index is 0.0385. The van der Waals surface area contributed by atoms with E-state index in [-0.39, 0.29) is 29.3 Å². The maximum Gasteiger partial charge on any atom is 0.311 e. The fraction of sp³-hybridized carbons (Fsp3) is 0.500. The largest absolute Gasteiger partial charge is 0.463 e. The van der Waals surface area contributed by atoms with Gasteiger partial charge in [0.1, 0.15) is 17.4 Å². The van der Waals surface area contributed by atoms with Gasteiger partial charge in [0.25, 0.3) is 5.56 Å². The average molecular weight is 384 g/mol. The van der Waals surface area contributed by atoms with Crippen LogP contribution in [0.5, 0.6) is 0 Å². The lowest BCUT2D eigenvalue weighted by molar-refractivity contribution is -0.152. The van der Waals surface area contributed by atoms with E-state index in [0.717, 1.165) is 4.57 Å². The minimum Gasteiger partial charge on any atom is -0.463 e. The molecular weight excluding hydrogens is 368 g/mol. The van der Waals surface area contributed by atoms with Crippen molar-refractivity contribution in [2.45, 2.75) is 38.7 Å². The van der Waals surface area contributed by atoms with Crippen LogP contribution in [0.15, 0.2) is 9.59 Å². The molecule has 11 nitrogen and oxygen atoms in total. The molecule has 2 aromatic rings.